The minimum Gasteiger partial charge on any atom is -0.309 e. The Hall–Kier alpha value is -6.18. The van der Waals surface area contributed by atoms with Gasteiger partial charge in [-0.1, -0.05) is 152 Å². The van der Waals surface area contributed by atoms with Crippen LogP contribution in [-0.2, 0) is 0 Å². The number of hydrogen-bond donors (Lipinski definition) is 0. The van der Waals surface area contributed by atoms with Crippen LogP contribution < -0.4 is 0 Å². The third kappa shape index (κ3) is 3.78. The van der Waals surface area contributed by atoms with E-state index in [0.29, 0.717) is 0 Å². The average Bonchev–Trinajstić information content (AvgIpc) is 3.49. The molecule has 0 saturated carbocycles. The van der Waals surface area contributed by atoms with Crippen molar-refractivity contribution in [1.82, 2.24) is 4.57 Å². The second kappa shape index (κ2) is 10.2. The molecule has 1 heterocycles. The van der Waals surface area contributed by atoms with Gasteiger partial charge in [0.25, 0.3) is 0 Å². The molecule has 1 heteroatoms. The minimum atomic E-state index is 1.16. The summed E-state index contributed by atoms with van der Waals surface area (Å²) in [7, 11) is 0. The largest absolute Gasteiger partial charge is 0.309 e. The highest BCUT2D eigenvalue weighted by atomic mass is 15.0. The maximum Gasteiger partial charge on any atom is 0.0553 e. The number of nitrogens with zero attached hydrogens (tertiary/aromatic N) is 1. The summed E-state index contributed by atoms with van der Waals surface area (Å²) in [6, 6.07) is 64.4. The van der Waals surface area contributed by atoms with Crippen molar-refractivity contribution >= 4 is 64.9 Å². The van der Waals surface area contributed by atoms with Crippen molar-refractivity contribution in [3.63, 3.8) is 0 Å². The maximum absolute atomic E-state index is 2.47. The van der Waals surface area contributed by atoms with Crippen LogP contribution in [0.3, 0.4) is 0 Å². The fourth-order valence-corrected chi connectivity index (χ4v) is 8.04. The van der Waals surface area contributed by atoms with Gasteiger partial charge in [0.15, 0.2) is 0 Å². The molecule has 0 unspecified atom stereocenters. The monoisotopic (exact) mass is 595 g/mol. The smallest absolute Gasteiger partial charge is 0.0553 e. The molecule has 0 bridgehead atoms. The molecule has 0 N–H and O–H groups in total. The van der Waals surface area contributed by atoms with Gasteiger partial charge in [0, 0.05) is 16.5 Å². The van der Waals surface area contributed by atoms with E-state index in [2.05, 4.69) is 180 Å². The number of aromatic nitrogens is 1. The van der Waals surface area contributed by atoms with E-state index in [9.17, 15) is 0 Å². The summed E-state index contributed by atoms with van der Waals surface area (Å²) in [6.07, 6.45) is 0. The molecular weight excluding hydrogens is 567 g/mol. The Labute approximate surface area is 272 Å². The van der Waals surface area contributed by atoms with Crippen LogP contribution in [0.1, 0.15) is 0 Å². The lowest BCUT2D eigenvalue weighted by molar-refractivity contribution is 1.18. The highest BCUT2D eigenvalue weighted by Crippen LogP contribution is 2.48. The molecule has 9 aromatic carbocycles. The molecule has 0 fully saturated rings. The number of benzene rings is 9. The third-order valence-electron chi connectivity index (χ3n) is 9.94. The number of fused-ring (bicyclic) bond motifs is 9. The van der Waals surface area contributed by atoms with Crippen molar-refractivity contribution in [1.29, 1.82) is 0 Å². The Balaban J connectivity index is 1.44. The Morgan fingerprint density at radius 1 is 0.319 bits per heavy atom. The van der Waals surface area contributed by atoms with E-state index < -0.39 is 0 Å². The van der Waals surface area contributed by atoms with Crippen LogP contribution in [0, 0.1) is 0 Å². The molecule has 0 amide bonds. The SMILES string of the molecule is c1ccc(-c2c3ccccc3c(-c3cc4c(c5ccccc35)c3c5ccccc5ccc3n4-c3ccccc3)c3ccccc23)cc1. The zero-order valence-electron chi connectivity index (χ0n) is 25.7. The number of hydrogen-bond acceptors (Lipinski definition) is 0. The van der Waals surface area contributed by atoms with Gasteiger partial charge < -0.3 is 4.57 Å². The van der Waals surface area contributed by atoms with Gasteiger partial charge in [-0.25, -0.2) is 0 Å². The molecule has 0 aliphatic rings. The first-order valence-corrected chi connectivity index (χ1v) is 16.3. The molecule has 47 heavy (non-hydrogen) atoms. The minimum absolute atomic E-state index is 1.16. The molecular formula is C46H29N. The van der Waals surface area contributed by atoms with Gasteiger partial charge >= 0.3 is 0 Å². The predicted octanol–water partition coefficient (Wildman–Crippen LogP) is 12.7. The summed E-state index contributed by atoms with van der Waals surface area (Å²) >= 11 is 0. The lowest BCUT2D eigenvalue weighted by atomic mass is 9.84. The van der Waals surface area contributed by atoms with Gasteiger partial charge in [0.2, 0.25) is 0 Å². The molecule has 1 aromatic heterocycles. The second-order valence-electron chi connectivity index (χ2n) is 12.4. The van der Waals surface area contributed by atoms with E-state index in [1.807, 2.05) is 0 Å². The van der Waals surface area contributed by atoms with Crippen LogP contribution in [0.15, 0.2) is 176 Å². The fraction of sp³-hybridized carbons (Fsp3) is 0. The predicted molar refractivity (Wildman–Crippen MR) is 202 cm³/mol. The molecule has 10 rings (SSSR count). The number of rotatable bonds is 3. The van der Waals surface area contributed by atoms with Crippen molar-refractivity contribution in [3.05, 3.63) is 176 Å². The Kier molecular flexibility index (Phi) is 5.64. The highest BCUT2D eigenvalue weighted by Gasteiger charge is 2.22. The topological polar surface area (TPSA) is 4.93 Å². The zero-order valence-corrected chi connectivity index (χ0v) is 25.7. The standard InChI is InChI=1S/C46H29N/c1-3-16-31(17-4-1)43-36-23-11-13-25-38(36)44(39-26-14-12-24-37(39)43)40-29-42-46(35-22-10-9-21-34(35)40)45-33-20-8-7-15-30(33)27-28-41(45)47(42)32-18-5-2-6-19-32/h1-29H. The van der Waals surface area contributed by atoms with E-state index in [-0.39, 0.29) is 0 Å². The molecule has 0 aliphatic carbocycles. The van der Waals surface area contributed by atoms with Gasteiger partial charge in [0.05, 0.1) is 11.0 Å². The fourth-order valence-electron chi connectivity index (χ4n) is 8.04. The zero-order chi connectivity index (χ0) is 30.9. The van der Waals surface area contributed by atoms with E-state index in [1.165, 1.54) is 87.1 Å². The second-order valence-corrected chi connectivity index (χ2v) is 12.4. The van der Waals surface area contributed by atoms with E-state index >= 15 is 0 Å². The quantitative estimate of drug-likeness (QED) is 0.179. The van der Waals surface area contributed by atoms with Gasteiger partial charge in [-0.15, -0.1) is 0 Å². The summed E-state index contributed by atoms with van der Waals surface area (Å²) in [5.74, 6) is 0. The van der Waals surface area contributed by atoms with E-state index in [4.69, 9.17) is 0 Å². The first-order valence-electron chi connectivity index (χ1n) is 16.3. The molecule has 0 atom stereocenters. The van der Waals surface area contributed by atoms with Gasteiger partial charge in [0.1, 0.15) is 0 Å². The van der Waals surface area contributed by atoms with Crippen LogP contribution in [0.5, 0.6) is 0 Å². The Bertz CT molecular complexity index is 2770. The lowest BCUT2D eigenvalue weighted by Gasteiger charge is -2.19. The molecule has 1 nitrogen and oxygen atoms in total. The van der Waals surface area contributed by atoms with Crippen molar-refractivity contribution in [2.24, 2.45) is 0 Å². The summed E-state index contributed by atoms with van der Waals surface area (Å²) in [5, 5.41) is 12.8. The van der Waals surface area contributed by atoms with Crippen molar-refractivity contribution in [3.8, 4) is 27.9 Å². The summed E-state index contributed by atoms with van der Waals surface area (Å²) in [4.78, 5) is 0. The van der Waals surface area contributed by atoms with Gasteiger partial charge in [-0.3, -0.25) is 0 Å². The lowest BCUT2D eigenvalue weighted by Crippen LogP contribution is -1.95. The van der Waals surface area contributed by atoms with Crippen molar-refractivity contribution in [2.75, 3.05) is 0 Å². The van der Waals surface area contributed by atoms with Gasteiger partial charge in [-0.2, -0.15) is 0 Å². The molecule has 10 aromatic rings. The first kappa shape index (κ1) is 26.1. The molecule has 0 aliphatic heterocycles. The summed E-state index contributed by atoms with van der Waals surface area (Å²) in [6.45, 7) is 0. The van der Waals surface area contributed by atoms with E-state index in [1.54, 1.807) is 0 Å². The molecule has 218 valence electrons. The normalized spacial score (nSPS) is 11.8. The third-order valence-corrected chi connectivity index (χ3v) is 9.94. The van der Waals surface area contributed by atoms with Crippen LogP contribution in [-0.4, -0.2) is 4.57 Å². The van der Waals surface area contributed by atoms with Crippen LogP contribution in [0.4, 0.5) is 0 Å². The van der Waals surface area contributed by atoms with Crippen molar-refractivity contribution < 1.29 is 0 Å². The van der Waals surface area contributed by atoms with Crippen molar-refractivity contribution in [2.45, 2.75) is 0 Å². The average molecular weight is 596 g/mol. The Morgan fingerprint density at radius 2 is 0.809 bits per heavy atom. The maximum atomic E-state index is 2.47. The number of para-hydroxylation sites is 1. The van der Waals surface area contributed by atoms with Gasteiger partial charge in [-0.05, 0) is 89.6 Å². The molecule has 0 spiro atoms. The molecule has 0 radical (unpaired) electrons. The Morgan fingerprint density at radius 3 is 1.47 bits per heavy atom. The van der Waals surface area contributed by atoms with Crippen LogP contribution >= 0.6 is 0 Å². The highest BCUT2D eigenvalue weighted by molar-refractivity contribution is 6.32. The summed E-state index contributed by atoms with van der Waals surface area (Å²) in [5.41, 5.74) is 8.67. The molecule has 0 saturated heterocycles. The van der Waals surface area contributed by atoms with Crippen LogP contribution in [0.25, 0.3) is 92.8 Å². The van der Waals surface area contributed by atoms with E-state index in [0.717, 1.165) is 5.69 Å². The first-order chi connectivity index (χ1) is 23.4. The summed E-state index contributed by atoms with van der Waals surface area (Å²) < 4.78 is 2.47. The van der Waals surface area contributed by atoms with Crippen LogP contribution in [0.2, 0.25) is 0 Å².